The Labute approximate surface area is 103 Å². The highest BCUT2D eigenvalue weighted by Crippen LogP contribution is 2.05. The highest BCUT2D eigenvalue weighted by molar-refractivity contribution is 7.88. The van der Waals surface area contributed by atoms with Crippen LogP contribution in [0.2, 0.25) is 0 Å². The van der Waals surface area contributed by atoms with E-state index in [0.29, 0.717) is 12.3 Å². The third kappa shape index (κ3) is 3.94. The summed E-state index contributed by atoms with van der Waals surface area (Å²) < 4.78 is 24.2. The van der Waals surface area contributed by atoms with Gasteiger partial charge in [-0.25, -0.2) is 8.42 Å². The zero-order chi connectivity index (χ0) is 13.1. The molecule has 1 aromatic rings. The molecule has 0 aliphatic carbocycles. The first-order chi connectivity index (χ1) is 7.84. The van der Waals surface area contributed by atoms with Gasteiger partial charge in [-0.1, -0.05) is 24.6 Å². The molecule has 1 rings (SSSR count). The average molecular weight is 255 g/mol. The lowest BCUT2D eigenvalue weighted by Gasteiger charge is -2.16. The first-order valence-electron chi connectivity index (χ1n) is 5.48. The molecule has 0 saturated carbocycles. The summed E-state index contributed by atoms with van der Waals surface area (Å²) in [6.07, 6.45) is 1.19. The predicted octanol–water partition coefficient (Wildman–Crippen LogP) is -0.175. The van der Waals surface area contributed by atoms with Crippen LogP contribution >= 0.6 is 0 Å². The van der Waals surface area contributed by atoms with Crippen molar-refractivity contribution in [3.8, 4) is 0 Å². The van der Waals surface area contributed by atoms with Crippen molar-refractivity contribution in [1.29, 1.82) is 0 Å². The van der Waals surface area contributed by atoms with E-state index >= 15 is 0 Å². The molecule has 4 nitrogen and oxygen atoms in total. The summed E-state index contributed by atoms with van der Waals surface area (Å²) in [5.74, 6) is 0. The number of rotatable bonds is 5. The van der Waals surface area contributed by atoms with Gasteiger partial charge >= 0.3 is 0 Å². The summed E-state index contributed by atoms with van der Waals surface area (Å²) in [5, 5.41) is 5.93. The molecule has 0 bridgehead atoms. The van der Waals surface area contributed by atoms with E-state index < -0.39 is 10.0 Å². The van der Waals surface area contributed by atoms with Crippen LogP contribution in [0.1, 0.15) is 18.1 Å². The molecular weight excluding hydrogens is 236 g/mol. The monoisotopic (exact) mass is 255 g/mol. The maximum Gasteiger partial charge on any atom is 0.211 e. The molecule has 0 saturated heterocycles. The van der Waals surface area contributed by atoms with Gasteiger partial charge in [0.15, 0.2) is 5.71 Å². The third-order valence-electron chi connectivity index (χ3n) is 2.59. The first kappa shape index (κ1) is 13.9. The molecule has 5 heteroatoms. The molecule has 2 N–H and O–H groups in total. The topological polar surface area (TPSA) is 63.0 Å². The number of nitrogens with two attached hydrogens (primary N) is 1. The Kier molecular flexibility index (Phi) is 4.42. The van der Waals surface area contributed by atoms with Crippen LogP contribution in [0.15, 0.2) is 24.3 Å². The molecule has 0 atom stereocenters. The summed E-state index contributed by atoms with van der Waals surface area (Å²) >= 11 is 0. The molecular formula is C12H19N2O2S+. The Morgan fingerprint density at radius 2 is 1.82 bits per heavy atom. The van der Waals surface area contributed by atoms with E-state index in [1.165, 1.54) is 10.6 Å². The van der Waals surface area contributed by atoms with E-state index in [0.717, 1.165) is 11.1 Å². The summed E-state index contributed by atoms with van der Waals surface area (Å²) in [7, 11) is -3.19. The molecule has 94 valence electrons. The summed E-state index contributed by atoms with van der Waals surface area (Å²) in [4.78, 5) is 0. The van der Waals surface area contributed by atoms with Gasteiger partial charge in [0.2, 0.25) is 10.0 Å². The fourth-order valence-electron chi connectivity index (χ4n) is 1.51. The van der Waals surface area contributed by atoms with Crippen LogP contribution in [0.25, 0.3) is 0 Å². The molecule has 0 aromatic heterocycles. The highest BCUT2D eigenvalue weighted by atomic mass is 32.2. The van der Waals surface area contributed by atoms with Crippen molar-refractivity contribution in [2.24, 2.45) is 0 Å². The van der Waals surface area contributed by atoms with Gasteiger partial charge in [0.25, 0.3) is 0 Å². The number of sulfonamides is 1. The van der Waals surface area contributed by atoms with Crippen LogP contribution in [-0.2, 0) is 10.0 Å². The van der Waals surface area contributed by atoms with Gasteiger partial charge in [0.1, 0.15) is 0 Å². The minimum atomic E-state index is -3.19. The zero-order valence-electron chi connectivity index (χ0n) is 10.5. The molecule has 0 radical (unpaired) electrons. The number of benzene rings is 1. The molecule has 17 heavy (non-hydrogen) atoms. The highest BCUT2D eigenvalue weighted by Gasteiger charge is 2.19. The van der Waals surface area contributed by atoms with Gasteiger partial charge in [-0.2, -0.15) is 4.31 Å². The van der Waals surface area contributed by atoms with E-state index in [1.54, 1.807) is 6.92 Å². The Morgan fingerprint density at radius 3 is 2.24 bits per heavy atom. The summed E-state index contributed by atoms with van der Waals surface area (Å²) in [6.45, 7) is 4.45. The van der Waals surface area contributed by atoms with Crippen molar-refractivity contribution in [2.75, 3.05) is 19.3 Å². The Balaban J connectivity index is 2.82. The lowest BCUT2D eigenvalue weighted by Crippen LogP contribution is -2.48. The molecule has 0 amide bonds. The number of likely N-dealkylation sites (N-methyl/N-ethyl adjacent to an activating group) is 1. The molecule has 0 unspecified atom stereocenters. The van der Waals surface area contributed by atoms with Crippen LogP contribution in [0.3, 0.4) is 0 Å². The molecule has 0 aliphatic rings. The van der Waals surface area contributed by atoms with Gasteiger partial charge in [-0.15, -0.1) is 0 Å². The smallest absolute Gasteiger partial charge is 0.211 e. The van der Waals surface area contributed by atoms with Gasteiger partial charge in [-0.05, 0) is 19.1 Å². The standard InChI is InChI=1S/C12H18N2O2S/c1-4-14(17(3,15)16)9-12(13)11-7-5-10(2)6-8-11/h5-8,13H,4,9H2,1-3H3/p+1. The minimum Gasteiger partial charge on any atom is -0.256 e. The third-order valence-corrected chi connectivity index (χ3v) is 3.92. The maximum atomic E-state index is 11.4. The van der Waals surface area contributed by atoms with Crippen molar-refractivity contribution < 1.29 is 13.8 Å². The van der Waals surface area contributed by atoms with Gasteiger partial charge < -0.3 is 0 Å². The largest absolute Gasteiger partial charge is 0.256 e. The van der Waals surface area contributed by atoms with E-state index in [2.05, 4.69) is 0 Å². The van der Waals surface area contributed by atoms with Gasteiger partial charge in [-0.3, -0.25) is 5.41 Å². The Morgan fingerprint density at radius 1 is 1.29 bits per heavy atom. The van der Waals surface area contributed by atoms with Crippen molar-refractivity contribution in [1.82, 2.24) is 4.31 Å². The lowest BCUT2D eigenvalue weighted by molar-refractivity contribution is -0.115. The van der Waals surface area contributed by atoms with Crippen LogP contribution < -0.4 is 5.41 Å². The number of hydrogen-bond donors (Lipinski definition) is 1. The fourth-order valence-corrected chi connectivity index (χ4v) is 2.36. The lowest BCUT2D eigenvalue weighted by atomic mass is 10.1. The fraction of sp³-hybridized carbons (Fsp3) is 0.417. The van der Waals surface area contributed by atoms with Crippen molar-refractivity contribution >= 4 is 15.7 Å². The van der Waals surface area contributed by atoms with Crippen molar-refractivity contribution in [2.45, 2.75) is 13.8 Å². The van der Waals surface area contributed by atoms with E-state index in [-0.39, 0.29) is 6.54 Å². The number of aryl methyl sites for hydroxylation is 1. The van der Waals surface area contributed by atoms with Crippen molar-refractivity contribution in [3.05, 3.63) is 35.4 Å². The molecule has 0 aliphatic heterocycles. The molecule has 0 heterocycles. The van der Waals surface area contributed by atoms with Crippen LogP contribution in [-0.4, -0.2) is 37.8 Å². The number of hydrogen-bond acceptors (Lipinski definition) is 2. The summed E-state index contributed by atoms with van der Waals surface area (Å²) in [6, 6.07) is 7.72. The van der Waals surface area contributed by atoms with Crippen LogP contribution in [0, 0.1) is 6.92 Å². The van der Waals surface area contributed by atoms with Crippen LogP contribution in [0.5, 0.6) is 0 Å². The van der Waals surface area contributed by atoms with Crippen LogP contribution in [0.4, 0.5) is 0 Å². The second-order valence-electron chi connectivity index (χ2n) is 4.08. The van der Waals surface area contributed by atoms with E-state index in [9.17, 15) is 8.42 Å². The normalized spacial score (nSPS) is 11.8. The predicted molar refractivity (Wildman–Crippen MR) is 69.3 cm³/mol. The second kappa shape index (κ2) is 5.42. The quantitative estimate of drug-likeness (QED) is 0.742. The Hall–Kier alpha value is -1.20. The first-order valence-corrected chi connectivity index (χ1v) is 7.33. The SMILES string of the molecule is CCN(CC(=[NH2+])c1ccc(C)cc1)S(C)(=O)=O. The van der Waals surface area contributed by atoms with Crippen molar-refractivity contribution in [3.63, 3.8) is 0 Å². The van der Waals surface area contributed by atoms with Gasteiger partial charge in [0, 0.05) is 12.1 Å². The maximum absolute atomic E-state index is 11.4. The zero-order valence-corrected chi connectivity index (χ0v) is 11.3. The summed E-state index contributed by atoms with van der Waals surface area (Å²) in [5.41, 5.74) is 2.59. The molecule has 0 fully saturated rings. The minimum absolute atomic E-state index is 0.235. The average Bonchev–Trinajstić information content (AvgIpc) is 2.24. The Bertz CT molecular complexity index is 492. The van der Waals surface area contributed by atoms with E-state index in [1.807, 2.05) is 31.2 Å². The second-order valence-corrected chi connectivity index (χ2v) is 6.06. The van der Waals surface area contributed by atoms with Gasteiger partial charge in [0.05, 0.1) is 12.8 Å². The van der Waals surface area contributed by atoms with E-state index in [4.69, 9.17) is 5.41 Å². The molecule has 1 aromatic carbocycles. The number of nitrogens with zero attached hydrogens (tertiary/aromatic N) is 1. The molecule has 0 spiro atoms.